The zero-order valence-electron chi connectivity index (χ0n) is 14.3. The molecule has 2 aromatic heterocycles. The molecule has 27 heavy (non-hydrogen) atoms. The molecule has 1 aliphatic rings. The zero-order chi connectivity index (χ0) is 18.8. The highest BCUT2D eigenvalue weighted by molar-refractivity contribution is 5.67. The highest BCUT2D eigenvalue weighted by atomic mass is 16.4. The Morgan fingerprint density at radius 2 is 1.78 bits per heavy atom. The minimum Gasteiger partial charge on any atom is -0.465 e. The second kappa shape index (κ2) is 6.90. The van der Waals surface area contributed by atoms with Gasteiger partial charge in [-0.25, -0.2) is 14.8 Å². The number of benzene rings is 1. The van der Waals surface area contributed by atoms with Crippen LogP contribution in [-0.4, -0.2) is 62.4 Å². The Morgan fingerprint density at radius 3 is 2.48 bits per heavy atom. The smallest absolute Gasteiger partial charge is 0.407 e. The minimum absolute atomic E-state index is 0.185. The molecule has 0 spiro atoms. The van der Waals surface area contributed by atoms with Crippen molar-refractivity contribution in [3.05, 3.63) is 36.5 Å². The number of nitrogens with two attached hydrogens (primary N) is 1. The van der Waals surface area contributed by atoms with Crippen LogP contribution in [0.1, 0.15) is 0 Å². The lowest BCUT2D eigenvalue weighted by Gasteiger charge is -2.33. The number of piperazine rings is 1. The summed E-state index contributed by atoms with van der Waals surface area (Å²) in [4.78, 5) is 23.1. The zero-order valence-corrected chi connectivity index (χ0v) is 14.3. The van der Waals surface area contributed by atoms with Crippen molar-refractivity contribution >= 4 is 17.7 Å². The molecule has 3 aromatic rings. The number of carbonyl (C=O) groups is 1. The molecule has 1 saturated heterocycles. The van der Waals surface area contributed by atoms with Crippen LogP contribution in [0.15, 0.2) is 40.9 Å². The summed E-state index contributed by atoms with van der Waals surface area (Å²) in [5, 5.41) is 17.1. The van der Waals surface area contributed by atoms with E-state index in [1.54, 1.807) is 6.20 Å². The summed E-state index contributed by atoms with van der Waals surface area (Å²) < 4.78 is 5.72. The minimum atomic E-state index is -0.918. The first-order valence-electron chi connectivity index (χ1n) is 8.36. The van der Waals surface area contributed by atoms with E-state index in [9.17, 15) is 4.79 Å². The van der Waals surface area contributed by atoms with Crippen molar-refractivity contribution in [2.24, 2.45) is 0 Å². The third-order valence-electron chi connectivity index (χ3n) is 4.31. The standard InChI is InChI=1S/C17H17N7O3/c18-14-13(16-22-21-15(27-16)11-4-2-1-3-5-11)20-12(10-19-14)23-6-8-24(9-7-23)17(25)26/h1-5,10H,6-9H2,(H2,18,19)(H,25,26). The maximum atomic E-state index is 11.0. The molecule has 0 unspecified atom stereocenters. The molecule has 0 radical (unpaired) electrons. The average molecular weight is 367 g/mol. The van der Waals surface area contributed by atoms with Gasteiger partial charge >= 0.3 is 6.09 Å². The molecule has 10 heteroatoms. The summed E-state index contributed by atoms with van der Waals surface area (Å²) in [7, 11) is 0. The van der Waals surface area contributed by atoms with E-state index in [1.165, 1.54) is 4.90 Å². The van der Waals surface area contributed by atoms with Crippen LogP contribution in [0.3, 0.4) is 0 Å². The number of hydrogen-bond acceptors (Lipinski definition) is 8. The van der Waals surface area contributed by atoms with Gasteiger partial charge in [0.05, 0.1) is 6.20 Å². The van der Waals surface area contributed by atoms with E-state index >= 15 is 0 Å². The summed E-state index contributed by atoms with van der Waals surface area (Å²) >= 11 is 0. The first-order valence-corrected chi connectivity index (χ1v) is 8.36. The summed E-state index contributed by atoms with van der Waals surface area (Å²) in [6.45, 7) is 1.83. The fourth-order valence-electron chi connectivity index (χ4n) is 2.84. The number of carboxylic acid groups (broad SMARTS) is 1. The number of hydrogen-bond donors (Lipinski definition) is 2. The molecule has 1 amide bonds. The lowest BCUT2D eigenvalue weighted by atomic mass is 10.2. The normalized spacial score (nSPS) is 14.4. The van der Waals surface area contributed by atoms with Gasteiger partial charge in [0, 0.05) is 31.7 Å². The molecule has 138 valence electrons. The van der Waals surface area contributed by atoms with Crippen molar-refractivity contribution in [1.29, 1.82) is 0 Å². The van der Waals surface area contributed by atoms with Gasteiger partial charge in [-0.2, -0.15) is 0 Å². The molecular formula is C17H17N7O3. The molecular weight excluding hydrogens is 350 g/mol. The Bertz CT molecular complexity index is 952. The van der Waals surface area contributed by atoms with E-state index in [0.717, 1.165) is 5.56 Å². The van der Waals surface area contributed by atoms with Crippen LogP contribution in [0, 0.1) is 0 Å². The van der Waals surface area contributed by atoms with Crippen LogP contribution in [-0.2, 0) is 0 Å². The number of aromatic nitrogens is 4. The monoisotopic (exact) mass is 367 g/mol. The molecule has 0 aliphatic carbocycles. The Kier molecular flexibility index (Phi) is 4.29. The Balaban J connectivity index is 1.59. The third kappa shape index (κ3) is 3.36. The van der Waals surface area contributed by atoms with Crippen LogP contribution in [0.4, 0.5) is 16.4 Å². The fraction of sp³-hybridized carbons (Fsp3) is 0.235. The van der Waals surface area contributed by atoms with E-state index in [4.69, 9.17) is 15.3 Å². The Morgan fingerprint density at radius 1 is 1.07 bits per heavy atom. The number of anilines is 2. The fourth-order valence-corrected chi connectivity index (χ4v) is 2.84. The topological polar surface area (TPSA) is 134 Å². The van der Waals surface area contributed by atoms with Crippen molar-refractivity contribution in [1.82, 2.24) is 25.1 Å². The van der Waals surface area contributed by atoms with Crippen LogP contribution < -0.4 is 10.6 Å². The molecule has 0 bridgehead atoms. The van der Waals surface area contributed by atoms with Crippen molar-refractivity contribution in [3.63, 3.8) is 0 Å². The maximum absolute atomic E-state index is 11.0. The molecule has 10 nitrogen and oxygen atoms in total. The second-order valence-corrected chi connectivity index (χ2v) is 6.00. The first kappa shape index (κ1) is 16.8. The van der Waals surface area contributed by atoms with E-state index < -0.39 is 6.09 Å². The van der Waals surface area contributed by atoms with E-state index in [0.29, 0.717) is 43.6 Å². The van der Waals surface area contributed by atoms with Gasteiger partial charge in [-0.05, 0) is 12.1 Å². The largest absolute Gasteiger partial charge is 0.465 e. The predicted molar refractivity (Wildman–Crippen MR) is 97.0 cm³/mol. The molecule has 3 N–H and O–H groups in total. The summed E-state index contributed by atoms with van der Waals surface area (Å²) in [6, 6.07) is 9.39. The number of nitrogen functional groups attached to an aromatic ring is 1. The van der Waals surface area contributed by atoms with Crippen LogP contribution >= 0.6 is 0 Å². The third-order valence-corrected chi connectivity index (χ3v) is 4.31. The second-order valence-electron chi connectivity index (χ2n) is 6.00. The van der Waals surface area contributed by atoms with E-state index in [-0.39, 0.29) is 11.7 Å². The van der Waals surface area contributed by atoms with Gasteiger partial charge in [-0.15, -0.1) is 10.2 Å². The highest BCUT2D eigenvalue weighted by Gasteiger charge is 2.23. The van der Waals surface area contributed by atoms with Gasteiger partial charge < -0.3 is 25.1 Å². The van der Waals surface area contributed by atoms with Gasteiger partial charge in [0.25, 0.3) is 5.89 Å². The molecule has 3 heterocycles. The van der Waals surface area contributed by atoms with Crippen molar-refractivity contribution < 1.29 is 14.3 Å². The van der Waals surface area contributed by atoms with Crippen molar-refractivity contribution in [2.45, 2.75) is 0 Å². The quantitative estimate of drug-likeness (QED) is 0.707. The number of nitrogens with zero attached hydrogens (tertiary/aromatic N) is 6. The van der Waals surface area contributed by atoms with Gasteiger partial charge in [-0.1, -0.05) is 18.2 Å². The average Bonchev–Trinajstić information content (AvgIpc) is 3.19. The van der Waals surface area contributed by atoms with Crippen molar-refractivity contribution in [2.75, 3.05) is 36.8 Å². The van der Waals surface area contributed by atoms with Gasteiger partial charge in [0.15, 0.2) is 11.5 Å². The Hall–Kier alpha value is -3.69. The van der Waals surface area contributed by atoms with Gasteiger partial charge in [-0.3, -0.25) is 0 Å². The summed E-state index contributed by atoms with van der Waals surface area (Å²) in [6.07, 6.45) is 0.641. The lowest BCUT2D eigenvalue weighted by Crippen LogP contribution is -2.48. The van der Waals surface area contributed by atoms with Crippen LogP contribution in [0.25, 0.3) is 23.0 Å². The van der Waals surface area contributed by atoms with Crippen molar-refractivity contribution in [3.8, 4) is 23.0 Å². The summed E-state index contributed by atoms with van der Waals surface area (Å²) in [5.74, 6) is 1.33. The van der Waals surface area contributed by atoms with E-state index in [2.05, 4.69) is 20.2 Å². The Labute approximate surface area is 154 Å². The number of amides is 1. The molecule has 1 aliphatic heterocycles. The van der Waals surface area contributed by atoms with Crippen LogP contribution in [0.5, 0.6) is 0 Å². The summed E-state index contributed by atoms with van der Waals surface area (Å²) in [5.41, 5.74) is 7.06. The van der Waals surface area contributed by atoms with Gasteiger partial charge in [0.1, 0.15) is 5.82 Å². The SMILES string of the molecule is Nc1ncc(N2CCN(C(=O)O)CC2)nc1-c1nnc(-c2ccccc2)o1. The molecule has 0 saturated carbocycles. The molecule has 0 atom stereocenters. The van der Waals surface area contributed by atoms with Crippen LogP contribution in [0.2, 0.25) is 0 Å². The first-order chi connectivity index (χ1) is 13.1. The maximum Gasteiger partial charge on any atom is 0.407 e. The predicted octanol–water partition coefficient (Wildman–Crippen LogP) is 1.58. The molecule has 1 aromatic carbocycles. The lowest BCUT2D eigenvalue weighted by molar-refractivity contribution is 0.142. The van der Waals surface area contributed by atoms with E-state index in [1.807, 2.05) is 35.2 Å². The molecule has 1 fully saturated rings. The van der Waals surface area contributed by atoms with Gasteiger partial charge in [0.2, 0.25) is 5.89 Å². The molecule has 4 rings (SSSR count). The highest BCUT2D eigenvalue weighted by Crippen LogP contribution is 2.27. The number of rotatable bonds is 3.